The second-order valence-electron chi connectivity index (χ2n) is 7.99. The zero-order valence-electron chi connectivity index (χ0n) is 17.9. The van der Waals surface area contributed by atoms with Gasteiger partial charge in [-0.05, 0) is 24.6 Å². The quantitative estimate of drug-likeness (QED) is 0.772. The topological polar surface area (TPSA) is 71.1 Å². The predicted octanol–water partition coefficient (Wildman–Crippen LogP) is 2.30. The van der Waals surface area contributed by atoms with Crippen LogP contribution in [0.2, 0.25) is 0 Å². The lowest BCUT2D eigenvalue weighted by Gasteiger charge is -2.31. The van der Waals surface area contributed by atoms with Crippen molar-refractivity contribution in [3.63, 3.8) is 0 Å². The number of benzene rings is 2. The molecule has 0 saturated carbocycles. The Morgan fingerprint density at radius 3 is 2.58 bits per heavy atom. The van der Waals surface area contributed by atoms with E-state index in [1.54, 1.807) is 0 Å². The van der Waals surface area contributed by atoms with Crippen molar-refractivity contribution < 1.29 is 19.1 Å². The fourth-order valence-corrected chi connectivity index (χ4v) is 3.95. The minimum Gasteiger partial charge on any atom is -0.491 e. The number of hydrogen-bond donors (Lipinski definition) is 1. The van der Waals surface area contributed by atoms with E-state index in [4.69, 9.17) is 9.47 Å². The summed E-state index contributed by atoms with van der Waals surface area (Å²) in [5.74, 6) is 0.327. The second kappa shape index (κ2) is 9.94. The Bertz CT molecular complexity index is 909. The van der Waals surface area contributed by atoms with Gasteiger partial charge in [0.05, 0.1) is 38.0 Å². The first-order chi connectivity index (χ1) is 15.1. The number of carbonyl (C=O) groups excluding carboxylic acids is 2. The lowest BCUT2D eigenvalue weighted by atomic mass is 10.0. The third-order valence-electron chi connectivity index (χ3n) is 5.69. The van der Waals surface area contributed by atoms with Gasteiger partial charge in [0.15, 0.2) is 0 Å². The molecular weight excluding hydrogens is 394 g/mol. The lowest BCUT2D eigenvalue weighted by molar-refractivity contribution is -0.124. The molecule has 0 spiro atoms. The van der Waals surface area contributed by atoms with Gasteiger partial charge in [-0.2, -0.15) is 0 Å². The number of fused-ring (bicyclic) bond motifs is 1. The predicted molar refractivity (Wildman–Crippen MR) is 118 cm³/mol. The van der Waals surface area contributed by atoms with Crippen molar-refractivity contribution in [2.24, 2.45) is 0 Å². The maximum Gasteiger partial charge on any atom is 0.240 e. The van der Waals surface area contributed by atoms with Crippen LogP contribution in [-0.4, -0.2) is 62.7 Å². The van der Waals surface area contributed by atoms with E-state index in [1.807, 2.05) is 31.2 Å². The maximum absolute atomic E-state index is 13.1. The Balaban J connectivity index is 1.50. The van der Waals surface area contributed by atoms with E-state index < -0.39 is 0 Å². The molecule has 0 aromatic heterocycles. The molecule has 0 radical (unpaired) electrons. The van der Waals surface area contributed by atoms with Crippen LogP contribution in [0.25, 0.3) is 0 Å². The Kier molecular flexibility index (Phi) is 6.84. The van der Waals surface area contributed by atoms with Crippen molar-refractivity contribution in [1.29, 1.82) is 0 Å². The number of hydrogen-bond acceptors (Lipinski definition) is 5. The lowest BCUT2D eigenvalue weighted by Crippen LogP contribution is -2.46. The minimum atomic E-state index is -0.191. The van der Waals surface area contributed by atoms with Gasteiger partial charge in [0.2, 0.25) is 11.8 Å². The molecule has 2 aromatic carbocycles. The summed E-state index contributed by atoms with van der Waals surface area (Å²) >= 11 is 0. The van der Waals surface area contributed by atoms with E-state index in [1.165, 1.54) is 10.5 Å². The molecule has 164 valence electrons. The first-order valence-electron chi connectivity index (χ1n) is 10.8. The van der Waals surface area contributed by atoms with Crippen LogP contribution in [0.4, 0.5) is 5.69 Å². The van der Waals surface area contributed by atoms with Crippen LogP contribution in [-0.2, 0) is 14.3 Å². The van der Waals surface area contributed by atoms with Crippen LogP contribution in [0.5, 0.6) is 5.75 Å². The largest absolute Gasteiger partial charge is 0.491 e. The Labute approximate surface area is 182 Å². The fourth-order valence-electron chi connectivity index (χ4n) is 3.95. The highest BCUT2D eigenvalue weighted by atomic mass is 16.5. The summed E-state index contributed by atoms with van der Waals surface area (Å²) in [6.45, 7) is 6.11. The van der Waals surface area contributed by atoms with E-state index in [2.05, 4.69) is 34.5 Å². The molecule has 1 atom stereocenters. The number of aryl methyl sites for hydroxylation is 1. The standard InChI is InChI=1S/C24H29N3O4/c1-18-6-8-19(9-7-18)20(16-26-11-14-30-15-12-26)25-23(28)17-27-21-4-2-3-5-22(21)31-13-10-24(27)29/h2-9,20H,10-17H2,1H3,(H,25,28)/t20-/m0/s1. The Hall–Kier alpha value is -2.90. The molecule has 31 heavy (non-hydrogen) atoms. The van der Waals surface area contributed by atoms with Crippen molar-refractivity contribution >= 4 is 17.5 Å². The van der Waals surface area contributed by atoms with Crippen LogP contribution in [0.15, 0.2) is 48.5 Å². The molecule has 2 aromatic rings. The van der Waals surface area contributed by atoms with Gasteiger partial charge >= 0.3 is 0 Å². The summed E-state index contributed by atoms with van der Waals surface area (Å²) in [6, 6.07) is 15.4. The van der Waals surface area contributed by atoms with Gasteiger partial charge in [0, 0.05) is 19.6 Å². The fraction of sp³-hybridized carbons (Fsp3) is 0.417. The normalized spacial score (nSPS) is 18.0. The zero-order chi connectivity index (χ0) is 21.6. The van der Waals surface area contributed by atoms with Crippen molar-refractivity contribution in [1.82, 2.24) is 10.2 Å². The monoisotopic (exact) mass is 423 g/mol. The van der Waals surface area contributed by atoms with Gasteiger partial charge in [-0.25, -0.2) is 0 Å². The van der Waals surface area contributed by atoms with Gasteiger partial charge in [0.25, 0.3) is 0 Å². The van der Waals surface area contributed by atoms with Crippen LogP contribution < -0.4 is 15.0 Å². The SMILES string of the molecule is Cc1ccc([C@H](CN2CCOCC2)NC(=O)CN2C(=O)CCOc3ccccc32)cc1. The summed E-state index contributed by atoms with van der Waals surface area (Å²) < 4.78 is 11.1. The highest BCUT2D eigenvalue weighted by molar-refractivity contribution is 6.00. The number of amides is 2. The molecule has 1 saturated heterocycles. The second-order valence-corrected chi connectivity index (χ2v) is 7.99. The van der Waals surface area contributed by atoms with Crippen molar-refractivity contribution in [3.8, 4) is 5.75 Å². The van der Waals surface area contributed by atoms with Gasteiger partial charge in [-0.1, -0.05) is 42.0 Å². The van der Waals surface area contributed by atoms with E-state index in [0.29, 0.717) is 37.8 Å². The molecule has 2 aliphatic heterocycles. The molecular formula is C24H29N3O4. The smallest absolute Gasteiger partial charge is 0.240 e. The third kappa shape index (κ3) is 5.42. The molecule has 2 heterocycles. The molecule has 1 fully saturated rings. The molecule has 0 unspecified atom stereocenters. The van der Waals surface area contributed by atoms with Crippen LogP contribution >= 0.6 is 0 Å². The number of ether oxygens (including phenoxy) is 2. The maximum atomic E-state index is 13.1. The highest BCUT2D eigenvalue weighted by Gasteiger charge is 2.27. The molecule has 7 heteroatoms. The van der Waals surface area contributed by atoms with E-state index in [-0.39, 0.29) is 30.8 Å². The molecule has 0 bridgehead atoms. The van der Waals surface area contributed by atoms with E-state index >= 15 is 0 Å². The summed E-state index contributed by atoms with van der Waals surface area (Å²) in [4.78, 5) is 29.6. The summed E-state index contributed by atoms with van der Waals surface area (Å²) in [7, 11) is 0. The summed E-state index contributed by atoms with van der Waals surface area (Å²) in [6.07, 6.45) is 0.247. The highest BCUT2D eigenvalue weighted by Crippen LogP contribution is 2.30. The number of nitrogens with zero attached hydrogens (tertiary/aromatic N) is 2. The van der Waals surface area contributed by atoms with Crippen molar-refractivity contribution in [3.05, 3.63) is 59.7 Å². The van der Waals surface area contributed by atoms with Crippen LogP contribution in [0.3, 0.4) is 0 Å². The first-order valence-corrected chi connectivity index (χ1v) is 10.8. The average Bonchev–Trinajstić information content (AvgIpc) is 2.93. The van der Waals surface area contributed by atoms with Crippen molar-refractivity contribution in [2.75, 3.05) is 50.9 Å². The van der Waals surface area contributed by atoms with Crippen LogP contribution in [0, 0.1) is 6.92 Å². The third-order valence-corrected chi connectivity index (χ3v) is 5.69. The number of nitrogens with one attached hydrogen (secondary N) is 1. The molecule has 7 nitrogen and oxygen atoms in total. The number of para-hydroxylation sites is 2. The number of anilines is 1. The molecule has 2 amide bonds. The minimum absolute atomic E-state index is 0.0370. The number of carbonyl (C=O) groups is 2. The molecule has 2 aliphatic rings. The molecule has 1 N–H and O–H groups in total. The van der Waals surface area contributed by atoms with Gasteiger partial charge in [-0.15, -0.1) is 0 Å². The van der Waals surface area contributed by atoms with Gasteiger partial charge in [-0.3, -0.25) is 19.4 Å². The summed E-state index contributed by atoms with van der Waals surface area (Å²) in [5, 5.41) is 3.16. The van der Waals surface area contributed by atoms with E-state index in [9.17, 15) is 9.59 Å². The summed E-state index contributed by atoms with van der Waals surface area (Å²) in [5.41, 5.74) is 2.86. The number of morpholine rings is 1. The van der Waals surface area contributed by atoms with Gasteiger partial charge in [0.1, 0.15) is 12.3 Å². The first kappa shape index (κ1) is 21.3. The zero-order valence-corrected chi connectivity index (χ0v) is 17.9. The Morgan fingerprint density at radius 2 is 1.81 bits per heavy atom. The van der Waals surface area contributed by atoms with E-state index in [0.717, 1.165) is 18.7 Å². The van der Waals surface area contributed by atoms with Crippen molar-refractivity contribution in [2.45, 2.75) is 19.4 Å². The van der Waals surface area contributed by atoms with Gasteiger partial charge < -0.3 is 14.8 Å². The molecule has 4 rings (SSSR count). The number of rotatable bonds is 6. The average molecular weight is 424 g/mol. The Morgan fingerprint density at radius 1 is 1.06 bits per heavy atom. The van der Waals surface area contributed by atoms with Crippen LogP contribution in [0.1, 0.15) is 23.6 Å². The molecule has 0 aliphatic carbocycles.